The van der Waals surface area contributed by atoms with Gasteiger partial charge in [0.05, 0.1) is 26.9 Å². The Labute approximate surface area is 172 Å². The largest absolute Gasteiger partial charge is 0.496 e. The molecule has 1 aliphatic heterocycles. The lowest BCUT2D eigenvalue weighted by Crippen LogP contribution is -2.36. The summed E-state index contributed by atoms with van der Waals surface area (Å²) < 4.78 is 16.5. The fourth-order valence-corrected chi connectivity index (χ4v) is 4.21. The minimum absolute atomic E-state index is 0.113. The second-order valence-electron chi connectivity index (χ2n) is 7.19. The van der Waals surface area contributed by atoms with E-state index in [9.17, 15) is 4.79 Å². The summed E-state index contributed by atoms with van der Waals surface area (Å²) in [4.78, 5) is 14.1. The molecule has 0 aromatic heterocycles. The number of benzene rings is 2. The maximum atomic E-state index is 12.4. The van der Waals surface area contributed by atoms with E-state index >= 15 is 0 Å². The van der Waals surface area contributed by atoms with Crippen LogP contribution in [-0.2, 0) is 16.1 Å². The van der Waals surface area contributed by atoms with Crippen molar-refractivity contribution in [2.24, 2.45) is 5.92 Å². The van der Waals surface area contributed by atoms with E-state index in [0.29, 0.717) is 19.8 Å². The van der Waals surface area contributed by atoms with Crippen molar-refractivity contribution >= 4 is 6.09 Å². The average molecular weight is 395 g/mol. The molecule has 0 spiro atoms. The highest BCUT2D eigenvalue weighted by Crippen LogP contribution is 2.43. The Bertz CT molecular complexity index is 808. The van der Waals surface area contributed by atoms with Gasteiger partial charge >= 0.3 is 6.09 Å². The molecule has 1 amide bonds. The third kappa shape index (κ3) is 4.80. The molecule has 0 unspecified atom stereocenters. The molecule has 5 nitrogen and oxygen atoms in total. The number of carbonyl (C=O) groups excluding carboxylic acids is 1. The number of likely N-dealkylation sites (tertiary alicyclic amines) is 1. The summed E-state index contributed by atoms with van der Waals surface area (Å²) >= 11 is 0. The molecule has 1 aliphatic rings. The van der Waals surface area contributed by atoms with E-state index in [1.165, 1.54) is 7.11 Å². The summed E-state index contributed by atoms with van der Waals surface area (Å²) in [5, 5.41) is 0. The van der Waals surface area contributed by atoms with Gasteiger partial charge in [-0.25, -0.2) is 4.79 Å². The molecule has 1 fully saturated rings. The highest BCUT2D eigenvalue weighted by atomic mass is 16.5. The Balaban J connectivity index is 1.76. The molecule has 0 bridgehead atoms. The van der Waals surface area contributed by atoms with Crippen molar-refractivity contribution in [2.45, 2.75) is 25.0 Å². The molecule has 5 heteroatoms. The van der Waals surface area contributed by atoms with Crippen molar-refractivity contribution < 1.29 is 19.0 Å². The van der Waals surface area contributed by atoms with Crippen LogP contribution in [-0.4, -0.2) is 44.4 Å². The van der Waals surface area contributed by atoms with Crippen LogP contribution >= 0.6 is 0 Å². The molecule has 0 radical (unpaired) electrons. The number of hydrogen-bond donors (Lipinski definition) is 0. The molecule has 0 saturated carbocycles. The van der Waals surface area contributed by atoms with E-state index in [1.807, 2.05) is 42.5 Å². The van der Waals surface area contributed by atoms with Crippen LogP contribution in [0.1, 0.15) is 23.5 Å². The van der Waals surface area contributed by atoms with Gasteiger partial charge in [-0.2, -0.15) is 0 Å². The monoisotopic (exact) mass is 395 g/mol. The van der Waals surface area contributed by atoms with Crippen LogP contribution in [0.4, 0.5) is 4.79 Å². The predicted octanol–water partition coefficient (Wildman–Crippen LogP) is 4.64. The smallest absolute Gasteiger partial charge is 0.410 e. The zero-order valence-corrected chi connectivity index (χ0v) is 17.1. The van der Waals surface area contributed by atoms with Gasteiger partial charge in [0, 0.05) is 19.1 Å². The van der Waals surface area contributed by atoms with Gasteiger partial charge in [0.1, 0.15) is 5.75 Å². The van der Waals surface area contributed by atoms with Crippen LogP contribution in [0.25, 0.3) is 0 Å². The first kappa shape index (κ1) is 20.9. The van der Waals surface area contributed by atoms with Crippen LogP contribution in [0.5, 0.6) is 5.75 Å². The summed E-state index contributed by atoms with van der Waals surface area (Å²) in [5.41, 5.74) is 2.25. The second kappa shape index (κ2) is 10.1. The molecule has 1 saturated heterocycles. The fraction of sp³-hybridized carbons (Fsp3) is 0.375. The molecule has 1 heterocycles. The molecule has 154 valence electrons. The molecular formula is C24H29NO4. The maximum absolute atomic E-state index is 12.4. The first-order valence-corrected chi connectivity index (χ1v) is 9.91. The van der Waals surface area contributed by atoms with Crippen LogP contribution in [0.15, 0.2) is 67.3 Å². The number of carbonyl (C=O) groups is 1. The number of amides is 1. The number of ether oxygens (including phenoxy) is 3. The highest BCUT2D eigenvalue weighted by Gasteiger charge is 2.44. The minimum Gasteiger partial charge on any atom is -0.496 e. The first-order chi connectivity index (χ1) is 14.2. The van der Waals surface area contributed by atoms with Gasteiger partial charge in [0.2, 0.25) is 0 Å². The summed E-state index contributed by atoms with van der Waals surface area (Å²) in [5.74, 6) is 1.12. The first-order valence-electron chi connectivity index (χ1n) is 9.91. The van der Waals surface area contributed by atoms with Gasteiger partial charge in [0.15, 0.2) is 0 Å². The molecule has 3 rings (SSSR count). The number of nitrogens with zero attached hydrogens (tertiary/aromatic N) is 1. The van der Waals surface area contributed by atoms with E-state index in [1.54, 1.807) is 12.0 Å². The lowest BCUT2D eigenvalue weighted by Gasteiger charge is -2.25. The minimum atomic E-state index is -0.331. The lowest BCUT2D eigenvalue weighted by molar-refractivity contribution is 0.0977. The third-order valence-corrected chi connectivity index (χ3v) is 5.60. The van der Waals surface area contributed by atoms with Crippen LogP contribution in [0.2, 0.25) is 0 Å². The van der Waals surface area contributed by atoms with Crippen LogP contribution < -0.4 is 4.74 Å². The third-order valence-electron chi connectivity index (χ3n) is 5.60. The Kier molecular flexibility index (Phi) is 7.30. The summed E-state index contributed by atoms with van der Waals surface area (Å²) in [6.07, 6.45) is 2.32. The Morgan fingerprint density at radius 3 is 2.55 bits per heavy atom. The summed E-state index contributed by atoms with van der Waals surface area (Å²) in [7, 11) is 3.09. The molecule has 0 N–H and O–H groups in total. The lowest BCUT2D eigenvalue weighted by atomic mass is 9.83. The Morgan fingerprint density at radius 1 is 1.14 bits per heavy atom. The van der Waals surface area contributed by atoms with Crippen molar-refractivity contribution in [3.63, 3.8) is 0 Å². The van der Waals surface area contributed by atoms with Crippen LogP contribution in [0, 0.1) is 5.92 Å². The molecular weight excluding hydrogens is 366 g/mol. The van der Waals surface area contributed by atoms with Gasteiger partial charge in [-0.05, 0) is 29.5 Å². The topological polar surface area (TPSA) is 48.0 Å². The summed E-state index contributed by atoms with van der Waals surface area (Å²) in [6.45, 7) is 5.72. The van der Waals surface area contributed by atoms with Gasteiger partial charge in [-0.1, -0.05) is 54.6 Å². The van der Waals surface area contributed by atoms with Crippen molar-refractivity contribution in [3.05, 3.63) is 78.4 Å². The number of rotatable bonds is 8. The van der Waals surface area contributed by atoms with Crippen LogP contribution in [0.3, 0.4) is 0 Å². The Hall–Kier alpha value is -2.79. The zero-order valence-electron chi connectivity index (χ0n) is 17.1. The van der Waals surface area contributed by atoms with E-state index in [2.05, 4.69) is 24.8 Å². The molecule has 2 aromatic rings. The van der Waals surface area contributed by atoms with Gasteiger partial charge < -0.3 is 19.1 Å². The SMILES string of the molecule is C=C[C@@H]1[C@@H](CCOCc2ccccc2)[C@@H](c2ccccc2OC)CN1C(=O)OC. The van der Waals surface area contributed by atoms with E-state index in [-0.39, 0.29) is 24.0 Å². The van der Waals surface area contributed by atoms with Crippen molar-refractivity contribution in [3.8, 4) is 5.75 Å². The molecule has 0 aliphatic carbocycles. The van der Waals surface area contributed by atoms with Crippen molar-refractivity contribution in [2.75, 3.05) is 27.4 Å². The standard InChI is InChI=1S/C24H29NO4/c1-4-22-19(14-15-29-17-18-10-6-5-7-11-18)21(16-25(22)24(26)28-3)20-12-8-9-13-23(20)27-2/h4-13,19,21-22H,1,14-17H2,2-3H3/t19-,21-,22+/m0/s1. The van der Waals surface area contributed by atoms with E-state index in [0.717, 1.165) is 23.3 Å². The fourth-order valence-electron chi connectivity index (χ4n) is 4.21. The van der Waals surface area contributed by atoms with Gasteiger partial charge in [-0.15, -0.1) is 6.58 Å². The zero-order chi connectivity index (χ0) is 20.6. The molecule has 2 aromatic carbocycles. The Morgan fingerprint density at radius 2 is 1.86 bits per heavy atom. The van der Waals surface area contributed by atoms with Crippen molar-refractivity contribution in [1.82, 2.24) is 4.90 Å². The van der Waals surface area contributed by atoms with Gasteiger partial charge in [-0.3, -0.25) is 0 Å². The van der Waals surface area contributed by atoms with E-state index < -0.39 is 0 Å². The quantitative estimate of drug-likeness (QED) is 0.483. The molecule has 3 atom stereocenters. The summed E-state index contributed by atoms with van der Waals surface area (Å²) in [6, 6.07) is 18.0. The normalized spacial score (nSPS) is 21.0. The molecule has 29 heavy (non-hydrogen) atoms. The van der Waals surface area contributed by atoms with E-state index in [4.69, 9.17) is 14.2 Å². The number of hydrogen-bond acceptors (Lipinski definition) is 4. The highest BCUT2D eigenvalue weighted by molar-refractivity contribution is 5.69. The number of para-hydroxylation sites is 1. The number of methoxy groups -OCH3 is 2. The van der Waals surface area contributed by atoms with Gasteiger partial charge in [0.25, 0.3) is 0 Å². The predicted molar refractivity (Wildman–Crippen MR) is 113 cm³/mol. The maximum Gasteiger partial charge on any atom is 0.410 e. The average Bonchev–Trinajstić information content (AvgIpc) is 3.15. The second-order valence-corrected chi connectivity index (χ2v) is 7.19. The van der Waals surface area contributed by atoms with Crippen molar-refractivity contribution in [1.29, 1.82) is 0 Å².